The third-order valence-electron chi connectivity index (χ3n) is 7.99. The maximum atomic E-state index is 14.3. The van der Waals surface area contributed by atoms with Crippen molar-refractivity contribution in [1.29, 1.82) is 0 Å². The number of nitrogens with two attached hydrogens (primary N) is 1. The number of ether oxygens (including phenoxy) is 2. The minimum atomic E-state index is -4.17. The third-order valence-corrected chi connectivity index (χ3v) is 9.62. The lowest BCUT2D eigenvalue weighted by atomic mass is 10.0. The first-order valence-corrected chi connectivity index (χ1v) is 16.8. The van der Waals surface area contributed by atoms with E-state index in [1.54, 1.807) is 36.9 Å². The third kappa shape index (κ3) is 6.66. The van der Waals surface area contributed by atoms with Crippen LogP contribution in [0.3, 0.4) is 0 Å². The van der Waals surface area contributed by atoms with Crippen molar-refractivity contribution in [2.75, 3.05) is 24.3 Å². The van der Waals surface area contributed by atoms with Gasteiger partial charge in [-0.3, -0.25) is 13.9 Å². The molecule has 46 heavy (non-hydrogen) atoms. The van der Waals surface area contributed by atoms with Crippen LogP contribution in [0.2, 0.25) is 0 Å². The van der Waals surface area contributed by atoms with Crippen molar-refractivity contribution < 1.29 is 27.9 Å². The molecule has 2 fully saturated rings. The molecule has 1 saturated carbocycles. The van der Waals surface area contributed by atoms with Gasteiger partial charge in [0, 0.05) is 18.5 Å². The molecule has 4 aromatic rings. The molecule has 0 unspecified atom stereocenters. The summed E-state index contributed by atoms with van der Waals surface area (Å²) in [5.41, 5.74) is 7.21. The lowest BCUT2D eigenvalue weighted by molar-refractivity contribution is -0.149. The fourth-order valence-corrected chi connectivity index (χ4v) is 7.09. The molecule has 3 heterocycles. The molecule has 14 heteroatoms. The molecule has 0 spiro atoms. The topological polar surface area (TPSA) is 156 Å². The van der Waals surface area contributed by atoms with Gasteiger partial charge in [0.2, 0.25) is 5.95 Å². The van der Waals surface area contributed by atoms with Crippen LogP contribution in [0.25, 0.3) is 21.9 Å². The molecule has 6 rings (SSSR count). The fourth-order valence-electron chi connectivity index (χ4n) is 5.55. The van der Waals surface area contributed by atoms with Gasteiger partial charge < -0.3 is 24.6 Å². The average Bonchev–Trinajstić information content (AvgIpc) is 3.67. The van der Waals surface area contributed by atoms with E-state index in [9.17, 15) is 9.36 Å². The summed E-state index contributed by atoms with van der Waals surface area (Å²) < 4.78 is 39.8. The van der Waals surface area contributed by atoms with Crippen molar-refractivity contribution in [3.63, 3.8) is 0 Å². The Balaban J connectivity index is 1.23. The Kier molecular flexibility index (Phi) is 8.90. The summed E-state index contributed by atoms with van der Waals surface area (Å²) in [4.78, 5) is 28.2. The Morgan fingerprint density at radius 2 is 1.98 bits per heavy atom. The minimum absolute atomic E-state index is 0.120. The number of anilines is 2. The Labute approximate surface area is 267 Å². The van der Waals surface area contributed by atoms with Gasteiger partial charge in [-0.1, -0.05) is 42.3 Å². The van der Waals surface area contributed by atoms with Crippen molar-refractivity contribution in [2.45, 2.75) is 70.6 Å². The molecule has 3 N–H and O–H groups in total. The van der Waals surface area contributed by atoms with Crippen molar-refractivity contribution in [1.82, 2.24) is 24.6 Å². The molecular formula is C32H38N7O6P. The van der Waals surface area contributed by atoms with Crippen LogP contribution in [0.15, 0.2) is 48.8 Å². The average molecular weight is 648 g/mol. The summed E-state index contributed by atoms with van der Waals surface area (Å²) in [5.74, 6) is 2.95. The van der Waals surface area contributed by atoms with Crippen LogP contribution in [-0.2, 0) is 23.4 Å². The summed E-state index contributed by atoms with van der Waals surface area (Å²) in [6.45, 7) is 4.86. The predicted molar refractivity (Wildman–Crippen MR) is 174 cm³/mol. The molecule has 0 amide bonds. The smallest absolute Gasteiger partial charge is 0.459 e. The van der Waals surface area contributed by atoms with Crippen LogP contribution < -0.4 is 20.2 Å². The number of imidazole rings is 1. The number of nitrogens with one attached hydrogen (secondary N) is 1. The number of fused-ring (bicyclic) bond motifs is 2. The van der Waals surface area contributed by atoms with Crippen LogP contribution in [0, 0.1) is 18.3 Å². The summed E-state index contributed by atoms with van der Waals surface area (Å²) in [6.07, 6.45) is 8.58. The Morgan fingerprint density at radius 3 is 2.72 bits per heavy atom. The maximum absolute atomic E-state index is 14.3. The summed E-state index contributed by atoms with van der Waals surface area (Å²) >= 11 is 0. The summed E-state index contributed by atoms with van der Waals surface area (Å²) in [7, 11) is -2.20. The lowest BCUT2D eigenvalue weighted by Gasteiger charge is -2.25. The van der Waals surface area contributed by atoms with E-state index in [-0.39, 0.29) is 24.6 Å². The van der Waals surface area contributed by atoms with Gasteiger partial charge in [0.15, 0.2) is 23.2 Å². The van der Waals surface area contributed by atoms with E-state index in [0.29, 0.717) is 35.2 Å². The number of hydrogen-bond donors (Lipinski definition) is 2. The van der Waals surface area contributed by atoms with Gasteiger partial charge in [0.25, 0.3) is 0 Å². The van der Waals surface area contributed by atoms with Crippen LogP contribution in [0.1, 0.15) is 46.3 Å². The van der Waals surface area contributed by atoms with Gasteiger partial charge in [-0.15, -0.1) is 6.42 Å². The normalized spacial score (nSPS) is 21.6. The van der Waals surface area contributed by atoms with Crippen molar-refractivity contribution in [3.8, 4) is 18.1 Å². The number of hydrogen-bond acceptors (Lipinski definition) is 11. The second-order valence-corrected chi connectivity index (χ2v) is 13.6. The van der Waals surface area contributed by atoms with E-state index in [4.69, 9.17) is 30.7 Å². The number of terminal acetylenes is 1. The molecule has 2 aliphatic rings. The number of rotatable bonds is 12. The van der Waals surface area contributed by atoms with Gasteiger partial charge in [-0.2, -0.15) is 15.1 Å². The van der Waals surface area contributed by atoms with E-state index in [0.717, 1.165) is 23.6 Å². The van der Waals surface area contributed by atoms with E-state index >= 15 is 0 Å². The highest BCUT2D eigenvalue weighted by Gasteiger charge is 2.40. The Morgan fingerprint density at radius 1 is 1.22 bits per heavy atom. The van der Waals surface area contributed by atoms with Crippen LogP contribution in [0.4, 0.5) is 11.8 Å². The van der Waals surface area contributed by atoms with Gasteiger partial charge in [-0.05, 0) is 51.5 Å². The highest BCUT2D eigenvalue weighted by molar-refractivity contribution is 7.52. The molecule has 2 aromatic heterocycles. The van der Waals surface area contributed by atoms with E-state index in [1.165, 1.54) is 6.92 Å². The second-order valence-electron chi connectivity index (χ2n) is 11.9. The van der Waals surface area contributed by atoms with Crippen molar-refractivity contribution >= 4 is 47.4 Å². The fraction of sp³-hybridized carbons (Fsp3) is 0.438. The predicted octanol–water partition coefficient (Wildman–Crippen LogP) is 4.83. The SMILES string of the molecule is C#C[C@H]1C[C@@H](CO[P@](=O)(N[C@@H](C)C(=O)OC(C)C)Oc2cccc3ccccc23)O[C@H]1n1cnc2c(N(C)C3CC3)nc(N)nc21. The molecule has 5 atom stereocenters. The van der Waals surface area contributed by atoms with Crippen LogP contribution in [-0.4, -0.2) is 63.4 Å². The second kappa shape index (κ2) is 12.9. The molecule has 1 saturated heterocycles. The highest BCUT2D eigenvalue weighted by atomic mass is 31.2. The number of carbonyl (C=O) groups excluding carboxylic acids is 1. The largest absolute Gasteiger partial charge is 0.462 e. The number of carbonyl (C=O) groups is 1. The standard InChI is InChI=1S/C32H38N7O6P/c1-6-21-16-24(44-30(21)39-18-34-27-28(38(5)23-14-15-23)35-32(33)36-29(27)39)17-42-46(41,37-20(4)31(40)43-19(2)3)45-26-13-9-11-22-10-7-8-12-25(22)26/h1,7-13,18-21,23-24,30H,14-17H2,2-5H3,(H,37,41)(H2,33,35,36)/t20-,21-,24-,30+,46+/m0/s1. The van der Waals surface area contributed by atoms with Crippen molar-refractivity contribution in [3.05, 3.63) is 48.8 Å². The van der Waals surface area contributed by atoms with E-state index in [2.05, 4.69) is 30.9 Å². The highest BCUT2D eigenvalue weighted by Crippen LogP contribution is 2.48. The molecule has 1 aliphatic heterocycles. The number of nitrogen functional groups attached to an aromatic ring is 1. The number of benzene rings is 2. The monoisotopic (exact) mass is 647 g/mol. The molecule has 1 aliphatic carbocycles. The van der Waals surface area contributed by atoms with Crippen molar-refractivity contribution in [2.24, 2.45) is 5.92 Å². The number of esters is 1. The zero-order chi connectivity index (χ0) is 32.6. The zero-order valence-electron chi connectivity index (χ0n) is 26.2. The van der Waals surface area contributed by atoms with E-state index < -0.39 is 32.1 Å². The summed E-state index contributed by atoms with van der Waals surface area (Å²) in [5, 5.41) is 4.37. The van der Waals surface area contributed by atoms with Gasteiger partial charge in [0.05, 0.1) is 31.1 Å². The van der Waals surface area contributed by atoms with Gasteiger partial charge in [-0.25, -0.2) is 9.55 Å². The maximum Gasteiger partial charge on any atom is 0.459 e. The molecule has 2 aromatic carbocycles. The first-order valence-electron chi connectivity index (χ1n) is 15.3. The Bertz CT molecular complexity index is 1830. The first-order chi connectivity index (χ1) is 22.0. The minimum Gasteiger partial charge on any atom is -0.462 e. The van der Waals surface area contributed by atoms with Crippen LogP contribution in [0.5, 0.6) is 5.75 Å². The number of aromatic nitrogens is 4. The molecule has 13 nitrogen and oxygen atoms in total. The first kappa shape index (κ1) is 31.8. The molecular weight excluding hydrogens is 609 g/mol. The quantitative estimate of drug-likeness (QED) is 0.123. The molecule has 242 valence electrons. The summed E-state index contributed by atoms with van der Waals surface area (Å²) in [6, 6.07) is 12.3. The van der Waals surface area contributed by atoms with E-state index in [1.807, 2.05) is 37.4 Å². The van der Waals surface area contributed by atoms with Gasteiger partial charge in [0.1, 0.15) is 11.8 Å². The Hall–Kier alpha value is -4.21. The zero-order valence-corrected chi connectivity index (χ0v) is 27.1. The molecule has 0 bridgehead atoms. The van der Waals surface area contributed by atoms with Gasteiger partial charge >= 0.3 is 13.7 Å². The lowest BCUT2D eigenvalue weighted by Crippen LogP contribution is -2.36. The molecule has 0 radical (unpaired) electrons. The van der Waals surface area contributed by atoms with Crippen LogP contribution >= 0.6 is 7.75 Å². The number of nitrogens with zero attached hydrogens (tertiary/aromatic N) is 5.